The minimum absolute atomic E-state index is 0.00662. The summed E-state index contributed by atoms with van der Waals surface area (Å²) in [5.74, 6) is 0.484. The van der Waals surface area contributed by atoms with Crippen molar-refractivity contribution in [3.05, 3.63) is 83.5 Å². The van der Waals surface area contributed by atoms with Crippen LogP contribution >= 0.6 is 11.6 Å². The Morgan fingerprint density at radius 2 is 1.94 bits per heavy atom. The quantitative estimate of drug-likeness (QED) is 0.423. The Hall–Kier alpha value is -3.71. The first-order valence-corrected chi connectivity index (χ1v) is 10.00. The number of hydrogen-bond acceptors (Lipinski definition) is 6. The lowest BCUT2D eigenvalue weighted by atomic mass is 10.1. The highest BCUT2D eigenvalue weighted by atomic mass is 35.5. The third-order valence-electron chi connectivity index (χ3n) is 4.47. The molecule has 0 aliphatic heterocycles. The van der Waals surface area contributed by atoms with E-state index in [1.807, 2.05) is 30.3 Å². The first-order chi connectivity index (χ1) is 15.0. The molecule has 0 saturated heterocycles. The zero-order valence-electron chi connectivity index (χ0n) is 17.0. The van der Waals surface area contributed by atoms with Gasteiger partial charge in [0.25, 0.3) is 5.91 Å². The number of amides is 1. The molecule has 8 heteroatoms. The van der Waals surface area contributed by atoms with E-state index in [1.54, 1.807) is 25.2 Å². The molecular weight excluding hydrogens is 414 g/mol. The van der Waals surface area contributed by atoms with E-state index in [1.165, 1.54) is 12.3 Å². The van der Waals surface area contributed by atoms with E-state index in [9.17, 15) is 9.59 Å². The first kappa shape index (κ1) is 22.0. The fourth-order valence-electron chi connectivity index (χ4n) is 2.87. The van der Waals surface area contributed by atoms with Gasteiger partial charge >= 0.3 is 0 Å². The smallest absolute Gasteiger partial charge is 0.253 e. The summed E-state index contributed by atoms with van der Waals surface area (Å²) < 4.78 is 0. The molecule has 1 heterocycles. The molecule has 0 radical (unpaired) electrons. The number of nitrogens with one attached hydrogen (secondary N) is 3. The molecule has 2 aromatic carbocycles. The Bertz CT molecular complexity index is 1120. The fraction of sp³-hybridized carbons (Fsp3) is 0.130. The van der Waals surface area contributed by atoms with Crippen molar-refractivity contribution in [3.63, 3.8) is 0 Å². The van der Waals surface area contributed by atoms with Gasteiger partial charge in [-0.1, -0.05) is 42.4 Å². The highest BCUT2D eigenvalue weighted by molar-refractivity contribution is 6.33. The zero-order chi connectivity index (χ0) is 22.2. The van der Waals surface area contributed by atoms with E-state index in [-0.39, 0.29) is 11.7 Å². The number of aromatic nitrogens is 2. The second-order valence-electron chi connectivity index (χ2n) is 6.64. The lowest BCUT2D eigenvalue weighted by Gasteiger charge is -2.13. The van der Waals surface area contributed by atoms with E-state index in [2.05, 4.69) is 32.5 Å². The Labute approximate surface area is 185 Å². The molecule has 1 amide bonds. The Morgan fingerprint density at radius 1 is 1.13 bits per heavy atom. The molecule has 3 rings (SSSR count). The maximum atomic E-state index is 12.1. The van der Waals surface area contributed by atoms with Crippen LogP contribution in [0.2, 0.25) is 5.02 Å². The lowest BCUT2D eigenvalue weighted by molar-refractivity contribution is -0.114. The molecule has 0 aliphatic carbocycles. The molecule has 158 valence electrons. The van der Waals surface area contributed by atoms with Crippen LogP contribution < -0.4 is 16.0 Å². The summed E-state index contributed by atoms with van der Waals surface area (Å²) in [5, 5.41) is 9.17. The second-order valence-corrected chi connectivity index (χ2v) is 7.04. The van der Waals surface area contributed by atoms with Crippen LogP contribution in [0.4, 0.5) is 23.1 Å². The van der Waals surface area contributed by atoms with Crippen molar-refractivity contribution >= 4 is 46.4 Å². The molecule has 7 nitrogen and oxygen atoms in total. The lowest BCUT2D eigenvalue weighted by Crippen LogP contribution is -2.19. The van der Waals surface area contributed by atoms with Gasteiger partial charge in [-0.25, -0.2) is 4.98 Å². The second kappa shape index (κ2) is 10.4. The highest BCUT2D eigenvalue weighted by Gasteiger charge is 2.12. The van der Waals surface area contributed by atoms with Crippen molar-refractivity contribution in [2.75, 3.05) is 17.7 Å². The zero-order valence-corrected chi connectivity index (χ0v) is 17.7. The van der Waals surface area contributed by atoms with Crippen molar-refractivity contribution < 1.29 is 9.59 Å². The third-order valence-corrected chi connectivity index (χ3v) is 4.74. The molecular formula is C23H22ClN5O2. The van der Waals surface area contributed by atoms with Crippen LogP contribution in [0.3, 0.4) is 0 Å². The van der Waals surface area contributed by atoms with Crippen LogP contribution in [0, 0.1) is 0 Å². The minimum atomic E-state index is -0.224. The summed E-state index contributed by atoms with van der Waals surface area (Å²) >= 11 is 6.27. The van der Waals surface area contributed by atoms with Crippen molar-refractivity contribution in [2.45, 2.75) is 12.8 Å². The summed E-state index contributed by atoms with van der Waals surface area (Å²) in [6.45, 7) is 3.49. The van der Waals surface area contributed by atoms with E-state index in [0.717, 1.165) is 11.3 Å². The SMILES string of the molecule is C=CC(=O)CCc1cccc(Nc2ncc(Cl)c(Nc3ccccc3C(=O)NC)n2)c1. The van der Waals surface area contributed by atoms with Crippen molar-refractivity contribution in [1.82, 2.24) is 15.3 Å². The Balaban J connectivity index is 1.79. The van der Waals surface area contributed by atoms with Crippen molar-refractivity contribution in [3.8, 4) is 0 Å². The molecule has 0 bridgehead atoms. The number of allylic oxidation sites excluding steroid dienone is 1. The number of aryl methyl sites for hydroxylation is 1. The minimum Gasteiger partial charge on any atom is -0.355 e. The normalized spacial score (nSPS) is 10.3. The van der Waals surface area contributed by atoms with Crippen LogP contribution in [0.1, 0.15) is 22.3 Å². The van der Waals surface area contributed by atoms with Crippen LogP contribution in [0.25, 0.3) is 0 Å². The molecule has 0 aliphatic rings. The standard InChI is InChI=1S/C23H22ClN5O2/c1-3-17(30)12-11-15-7-6-8-16(13-15)27-23-26-14-19(24)21(29-23)28-20-10-5-4-9-18(20)22(31)25-2/h3-10,13-14H,1,11-12H2,2H3,(H,25,31)(H2,26,27,28,29). The van der Waals surface area contributed by atoms with Gasteiger partial charge in [0.05, 0.1) is 17.4 Å². The van der Waals surface area contributed by atoms with Crippen LogP contribution in [0.15, 0.2) is 67.4 Å². The maximum absolute atomic E-state index is 12.1. The summed E-state index contributed by atoms with van der Waals surface area (Å²) in [6.07, 6.45) is 3.84. The average Bonchev–Trinajstić information content (AvgIpc) is 2.79. The van der Waals surface area contributed by atoms with Gasteiger partial charge in [-0.05, 0) is 42.3 Å². The molecule has 0 saturated carbocycles. The number of para-hydroxylation sites is 1. The van der Waals surface area contributed by atoms with Crippen molar-refractivity contribution in [1.29, 1.82) is 0 Å². The highest BCUT2D eigenvalue weighted by Crippen LogP contribution is 2.27. The largest absolute Gasteiger partial charge is 0.355 e. The molecule has 0 spiro atoms. The van der Waals surface area contributed by atoms with Gasteiger partial charge in [0.1, 0.15) is 5.02 Å². The molecule has 0 atom stereocenters. The summed E-state index contributed by atoms with van der Waals surface area (Å²) in [6, 6.07) is 14.7. The number of rotatable bonds is 9. The average molecular weight is 436 g/mol. The summed E-state index contributed by atoms with van der Waals surface area (Å²) in [5.41, 5.74) is 2.83. The number of carbonyl (C=O) groups is 2. The monoisotopic (exact) mass is 435 g/mol. The topological polar surface area (TPSA) is 96.0 Å². The van der Waals surface area contributed by atoms with Crippen molar-refractivity contribution in [2.24, 2.45) is 0 Å². The van der Waals surface area contributed by atoms with Crippen LogP contribution in [-0.2, 0) is 11.2 Å². The number of anilines is 4. The van der Waals surface area contributed by atoms with Gasteiger partial charge in [-0.3, -0.25) is 9.59 Å². The van der Waals surface area contributed by atoms with Gasteiger partial charge in [0.2, 0.25) is 5.95 Å². The maximum Gasteiger partial charge on any atom is 0.253 e. The summed E-state index contributed by atoms with van der Waals surface area (Å²) in [4.78, 5) is 32.2. The van der Waals surface area contributed by atoms with Gasteiger partial charge in [-0.2, -0.15) is 4.98 Å². The molecule has 3 N–H and O–H groups in total. The van der Waals surface area contributed by atoms with E-state index in [4.69, 9.17) is 11.6 Å². The predicted molar refractivity (Wildman–Crippen MR) is 123 cm³/mol. The van der Waals surface area contributed by atoms with Gasteiger partial charge < -0.3 is 16.0 Å². The summed E-state index contributed by atoms with van der Waals surface area (Å²) in [7, 11) is 1.57. The van der Waals surface area contributed by atoms with E-state index >= 15 is 0 Å². The number of halogens is 1. The number of hydrogen-bond donors (Lipinski definition) is 3. The Morgan fingerprint density at radius 3 is 2.71 bits per heavy atom. The van der Waals surface area contributed by atoms with E-state index in [0.29, 0.717) is 40.9 Å². The van der Waals surface area contributed by atoms with Gasteiger partial charge in [-0.15, -0.1) is 0 Å². The fourth-order valence-corrected chi connectivity index (χ4v) is 3.01. The third kappa shape index (κ3) is 5.90. The predicted octanol–water partition coefficient (Wildman–Crippen LogP) is 4.66. The van der Waals surface area contributed by atoms with Crippen LogP contribution in [-0.4, -0.2) is 28.7 Å². The van der Waals surface area contributed by atoms with E-state index < -0.39 is 0 Å². The number of carbonyl (C=O) groups excluding carboxylic acids is 2. The number of nitrogens with zero attached hydrogens (tertiary/aromatic N) is 2. The molecule has 31 heavy (non-hydrogen) atoms. The molecule has 3 aromatic rings. The van der Waals surface area contributed by atoms with Crippen LogP contribution in [0.5, 0.6) is 0 Å². The van der Waals surface area contributed by atoms with Gasteiger partial charge in [0, 0.05) is 19.2 Å². The number of benzene rings is 2. The Kier molecular flexibility index (Phi) is 7.35. The van der Waals surface area contributed by atoms with Gasteiger partial charge in [0.15, 0.2) is 11.6 Å². The molecule has 0 fully saturated rings. The molecule has 0 unspecified atom stereocenters. The first-order valence-electron chi connectivity index (χ1n) is 9.62. The molecule has 1 aromatic heterocycles. The number of ketones is 1.